The van der Waals surface area contributed by atoms with Gasteiger partial charge in [-0.25, -0.2) is 19.9 Å². The Morgan fingerprint density at radius 2 is 0.829 bits per heavy atom. The van der Waals surface area contributed by atoms with E-state index >= 15 is 0 Å². The Balaban J connectivity index is 0.00000256. The molecule has 0 spiro atoms. The molecular formula is C32H33FeN8+. The van der Waals surface area contributed by atoms with E-state index in [4.69, 9.17) is 34.9 Å². The Kier molecular flexibility index (Phi) is 6.22. The van der Waals surface area contributed by atoms with Gasteiger partial charge in [0.1, 0.15) is 11.5 Å². The molecular weight excluding hydrogens is 552 g/mol. The Morgan fingerprint density at radius 1 is 0.415 bits per heavy atom. The average molecular weight is 586 g/mol. The molecule has 8 bridgehead atoms. The van der Waals surface area contributed by atoms with Crippen LogP contribution in [0.3, 0.4) is 0 Å². The normalized spacial score (nSPS) is 19.7. The number of rotatable bonds is 0. The van der Waals surface area contributed by atoms with E-state index in [1.165, 1.54) is 95.9 Å². The van der Waals surface area contributed by atoms with Gasteiger partial charge in [0, 0.05) is 33.6 Å². The van der Waals surface area contributed by atoms with E-state index in [2.05, 4.69) is 4.98 Å². The predicted octanol–water partition coefficient (Wildman–Crippen LogP) is 5.30. The molecule has 208 valence electrons. The number of H-pyrrole nitrogens is 1. The summed E-state index contributed by atoms with van der Waals surface area (Å²) in [5, 5.41) is 0. The van der Waals surface area contributed by atoms with Gasteiger partial charge in [-0.15, -0.1) is 0 Å². The minimum absolute atomic E-state index is 0. The van der Waals surface area contributed by atoms with E-state index in [-0.39, 0.29) is 17.1 Å². The van der Waals surface area contributed by atoms with Gasteiger partial charge in [-0.2, -0.15) is 0 Å². The molecule has 0 unspecified atom stereocenters. The quantitative estimate of drug-likeness (QED) is 0.330. The monoisotopic (exact) mass is 585 g/mol. The van der Waals surface area contributed by atoms with Crippen LogP contribution in [0, 0.1) is 0 Å². The van der Waals surface area contributed by atoms with Crippen molar-refractivity contribution in [1.82, 2.24) is 34.9 Å². The van der Waals surface area contributed by atoms with Crippen molar-refractivity contribution < 1.29 is 22.1 Å². The molecule has 5 heterocycles. The van der Waals surface area contributed by atoms with Gasteiger partial charge in [-0.3, -0.25) is 0 Å². The van der Waals surface area contributed by atoms with Crippen molar-refractivity contribution in [2.24, 2.45) is 0 Å². The molecule has 8 nitrogen and oxygen atoms in total. The summed E-state index contributed by atoms with van der Waals surface area (Å²) in [6, 6.07) is 0. The number of aromatic nitrogens is 8. The van der Waals surface area contributed by atoms with Crippen LogP contribution in [0.4, 0.5) is 0 Å². The molecule has 1 N–H and O–H groups in total. The number of nitrogens with one attached hydrogen (secondary N) is 1. The number of nitrogens with zero attached hydrogens (tertiary/aromatic N) is 7. The summed E-state index contributed by atoms with van der Waals surface area (Å²) in [5.74, 6) is 3.38. The first kappa shape index (κ1) is 25.5. The maximum atomic E-state index is 5.19. The second-order valence-corrected chi connectivity index (χ2v) is 12.2. The number of hydrogen-bond donors (Lipinski definition) is 0. The van der Waals surface area contributed by atoms with Crippen molar-refractivity contribution in [2.45, 2.75) is 103 Å². The van der Waals surface area contributed by atoms with Crippen molar-refractivity contribution in [3.05, 3.63) is 45.6 Å². The van der Waals surface area contributed by atoms with Crippen LogP contribution in [0.15, 0.2) is 0 Å². The summed E-state index contributed by atoms with van der Waals surface area (Å²) in [6.45, 7) is 0. The molecule has 3 aromatic heterocycles. The zero-order chi connectivity index (χ0) is 26.2. The van der Waals surface area contributed by atoms with Gasteiger partial charge >= 0.3 is 17.1 Å². The van der Waals surface area contributed by atoms with E-state index in [9.17, 15) is 0 Å². The predicted molar refractivity (Wildman–Crippen MR) is 153 cm³/mol. The topological polar surface area (TPSA) is 107 Å². The number of aromatic amines is 1. The third-order valence-electron chi connectivity index (χ3n) is 9.79. The zero-order valence-electron chi connectivity index (χ0n) is 23.3. The fourth-order valence-corrected chi connectivity index (χ4v) is 7.75. The molecule has 0 saturated carbocycles. The number of aryl methyl sites for hydroxylation is 4. The Morgan fingerprint density at radius 3 is 1.41 bits per heavy atom. The molecule has 0 fully saturated rings. The summed E-state index contributed by atoms with van der Waals surface area (Å²) < 4.78 is 0. The molecule has 2 aliphatic heterocycles. The summed E-state index contributed by atoms with van der Waals surface area (Å²) >= 11 is 0. The van der Waals surface area contributed by atoms with Crippen LogP contribution in [0.1, 0.15) is 123 Å². The van der Waals surface area contributed by atoms with Gasteiger partial charge < -0.3 is 19.9 Å². The Hall–Kier alpha value is -3.16. The number of fused-ring (bicyclic) bond motifs is 18. The first-order valence-corrected chi connectivity index (χ1v) is 15.5. The molecule has 0 radical (unpaired) electrons. The van der Waals surface area contributed by atoms with Crippen LogP contribution < -0.4 is 15.0 Å². The molecule has 0 aromatic carbocycles. The summed E-state index contributed by atoms with van der Waals surface area (Å²) in [4.78, 5) is 39.7. The number of hydrogen-bond acceptors (Lipinski definition) is 5. The van der Waals surface area contributed by atoms with Crippen LogP contribution in [0.25, 0.3) is 44.9 Å². The second-order valence-electron chi connectivity index (χ2n) is 12.2. The molecule has 0 amide bonds. The van der Waals surface area contributed by atoms with Gasteiger partial charge in [0.2, 0.25) is 0 Å². The van der Waals surface area contributed by atoms with Crippen LogP contribution in [0.5, 0.6) is 0 Å². The fraction of sp³-hybridized carbons (Fsp3) is 0.500. The van der Waals surface area contributed by atoms with Crippen LogP contribution in [-0.4, -0.2) is 24.9 Å². The van der Waals surface area contributed by atoms with Crippen molar-refractivity contribution in [3.8, 4) is 0 Å². The van der Waals surface area contributed by atoms with Crippen molar-refractivity contribution in [1.29, 1.82) is 0 Å². The fourth-order valence-electron chi connectivity index (χ4n) is 7.75. The molecule has 3 aromatic rings. The van der Waals surface area contributed by atoms with Crippen molar-refractivity contribution in [3.63, 3.8) is 0 Å². The molecule has 0 atom stereocenters. The van der Waals surface area contributed by atoms with E-state index < -0.39 is 0 Å². The molecule has 0 saturated heterocycles. The molecule has 9 heteroatoms. The van der Waals surface area contributed by atoms with E-state index in [0.717, 1.165) is 97.3 Å². The van der Waals surface area contributed by atoms with Gasteiger partial charge in [0.15, 0.2) is 11.5 Å². The molecule has 6 aliphatic rings. The summed E-state index contributed by atoms with van der Waals surface area (Å²) in [7, 11) is 0. The third kappa shape index (κ3) is 4.07. The summed E-state index contributed by atoms with van der Waals surface area (Å²) in [5.41, 5.74) is 13.6. The minimum Gasteiger partial charge on any atom is -0.358 e. The van der Waals surface area contributed by atoms with Crippen molar-refractivity contribution in [2.75, 3.05) is 0 Å². The maximum Gasteiger partial charge on any atom is 2.00 e. The van der Waals surface area contributed by atoms with Crippen molar-refractivity contribution >= 4 is 44.9 Å². The Labute approximate surface area is 249 Å². The van der Waals surface area contributed by atoms with Crippen LogP contribution in [0.2, 0.25) is 0 Å². The third-order valence-corrected chi connectivity index (χ3v) is 9.79. The zero-order valence-corrected chi connectivity index (χ0v) is 24.4. The Bertz CT molecular complexity index is 1570. The van der Waals surface area contributed by atoms with Crippen LogP contribution in [-0.2, 0) is 42.8 Å². The van der Waals surface area contributed by atoms with Gasteiger partial charge in [-0.1, -0.05) is 0 Å². The SMILES string of the molecule is C1CCC2=C(C1)c1nc2nc2[n-]c([nH+]c3nc(nc4[n-]c(n1)c1c4CCCC1)C1=C3CCCC1)c1c2CCCC1.[Fe+2]. The van der Waals surface area contributed by atoms with E-state index in [0.29, 0.717) is 0 Å². The largest absolute Gasteiger partial charge is 2.00 e. The maximum absolute atomic E-state index is 5.19. The minimum atomic E-state index is 0. The molecule has 4 aliphatic carbocycles. The first-order valence-electron chi connectivity index (χ1n) is 15.5. The second kappa shape index (κ2) is 9.99. The standard InChI is InChI=1S/C32H32N8.Fe/c1-2-10-18-17(9-1)25-33-26(18)38-28-21-13-5-6-14-22(21)30(35-28)40-32-24-16-8-7-15-23(24)31(36-32)39-29-20-12-4-3-11-19(20)27(34-29)37-25;/h1-16H2;/q-2;+2/p+1. The smallest absolute Gasteiger partial charge is 0.358 e. The van der Waals surface area contributed by atoms with Gasteiger partial charge in [-0.05, 0) is 125 Å². The van der Waals surface area contributed by atoms with Gasteiger partial charge in [0.05, 0.1) is 11.6 Å². The van der Waals surface area contributed by atoms with E-state index in [1.807, 2.05) is 0 Å². The van der Waals surface area contributed by atoms with Crippen LogP contribution >= 0.6 is 0 Å². The van der Waals surface area contributed by atoms with E-state index in [1.54, 1.807) is 0 Å². The molecule has 41 heavy (non-hydrogen) atoms. The number of allylic oxidation sites excluding steroid dienone is 4. The van der Waals surface area contributed by atoms with Gasteiger partial charge in [0.25, 0.3) is 0 Å². The summed E-state index contributed by atoms with van der Waals surface area (Å²) in [6.07, 6.45) is 17.5. The average Bonchev–Trinajstić information content (AvgIpc) is 3.73. The molecule has 9 rings (SSSR count). The first-order chi connectivity index (χ1) is 19.8.